The Balaban J connectivity index is 1.90. The van der Waals surface area contributed by atoms with Crippen LogP contribution in [-0.2, 0) is 6.54 Å². The van der Waals surface area contributed by atoms with Crippen molar-refractivity contribution in [1.29, 1.82) is 0 Å². The van der Waals surface area contributed by atoms with Crippen LogP contribution in [0, 0.1) is 6.92 Å². The molecule has 0 amide bonds. The molecular formula is C16H13Cl2N3O3. The van der Waals surface area contributed by atoms with Gasteiger partial charge in [0.25, 0.3) is 5.56 Å². The Morgan fingerprint density at radius 2 is 2.04 bits per heavy atom. The summed E-state index contributed by atoms with van der Waals surface area (Å²) in [4.78, 5) is 30.5. The topological polar surface area (TPSA) is 88.0 Å². The Morgan fingerprint density at radius 3 is 2.71 bits per heavy atom. The normalized spacial score (nSPS) is 11.0. The molecule has 124 valence electrons. The first kappa shape index (κ1) is 16.5. The monoisotopic (exact) mass is 365 g/mol. The number of fused-ring (bicyclic) bond motifs is 1. The second-order valence-electron chi connectivity index (χ2n) is 5.28. The Bertz CT molecular complexity index is 969. The van der Waals surface area contributed by atoms with Gasteiger partial charge in [0, 0.05) is 11.3 Å². The van der Waals surface area contributed by atoms with Gasteiger partial charge < -0.3 is 14.7 Å². The lowest BCUT2D eigenvalue weighted by Crippen LogP contribution is -2.17. The van der Waals surface area contributed by atoms with Crippen LogP contribution in [0.4, 0.5) is 5.69 Å². The van der Waals surface area contributed by atoms with Crippen LogP contribution < -0.4 is 10.9 Å². The number of ketones is 1. The molecule has 0 saturated carbocycles. The lowest BCUT2D eigenvalue weighted by atomic mass is 10.1. The number of aryl methyl sites for hydroxylation is 1. The number of oxazole rings is 1. The summed E-state index contributed by atoms with van der Waals surface area (Å²) in [7, 11) is 0. The predicted octanol–water partition coefficient (Wildman–Crippen LogP) is 3.95. The van der Waals surface area contributed by atoms with Gasteiger partial charge >= 0.3 is 0 Å². The van der Waals surface area contributed by atoms with E-state index in [1.165, 1.54) is 13.0 Å². The minimum Gasteiger partial charge on any atom is -0.437 e. The molecule has 0 aliphatic heterocycles. The molecule has 2 aromatic heterocycles. The van der Waals surface area contributed by atoms with Gasteiger partial charge in [0.1, 0.15) is 11.2 Å². The maximum absolute atomic E-state index is 12.0. The number of halogens is 2. The average molecular weight is 366 g/mol. The van der Waals surface area contributed by atoms with Crippen molar-refractivity contribution >= 4 is 45.8 Å². The third-order valence-corrected chi connectivity index (χ3v) is 4.14. The predicted molar refractivity (Wildman–Crippen MR) is 93.2 cm³/mol. The van der Waals surface area contributed by atoms with E-state index in [0.29, 0.717) is 38.3 Å². The molecule has 0 unspecified atom stereocenters. The fourth-order valence-corrected chi connectivity index (χ4v) is 2.74. The molecule has 1 aromatic carbocycles. The van der Waals surface area contributed by atoms with Gasteiger partial charge in [-0.15, -0.1) is 0 Å². The Labute approximate surface area is 146 Å². The van der Waals surface area contributed by atoms with Crippen molar-refractivity contribution in [2.24, 2.45) is 0 Å². The maximum Gasteiger partial charge on any atom is 0.271 e. The molecule has 0 saturated heterocycles. The molecule has 8 heteroatoms. The Kier molecular flexibility index (Phi) is 4.34. The molecule has 3 rings (SSSR count). The zero-order valence-electron chi connectivity index (χ0n) is 12.9. The summed E-state index contributed by atoms with van der Waals surface area (Å²) in [6, 6.07) is 4.77. The number of hydrogen-bond acceptors (Lipinski definition) is 5. The molecule has 0 bridgehead atoms. The quantitative estimate of drug-likeness (QED) is 0.683. The van der Waals surface area contributed by atoms with Gasteiger partial charge in [-0.1, -0.05) is 23.2 Å². The largest absolute Gasteiger partial charge is 0.437 e. The van der Waals surface area contributed by atoms with Crippen LogP contribution >= 0.6 is 23.2 Å². The van der Waals surface area contributed by atoms with Crippen molar-refractivity contribution in [3.63, 3.8) is 0 Å². The first-order valence-electron chi connectivity index (χ1n) is 7.09. The van der Waals surface area contributed by atoms with Gasteiger partial charge in [0.2, 0.25) is 5.89 Å². The summed E-state index contributed by atoms with van der Waals surface area (Å²) in [6.45, 7) is 3.26. The number of aromatic amines is 1. The van der Waals surface area contributed by atoms with Crippen LogP contribution in [0.25, 0.3) is 11.1 Å². The smallest absolute Gasteiger partial charge is 0.271 e. The summed E-state index contributed by atoms with van der Waals surface area (Å²) in [5.74, 6) is 0.191. The number of Topliss-reactive ketones (excluding diaryl/α,β-unsaturated/α-hetero) is 1. The number of H-pyrrole nitrogens is 1. The second kappa shape index (κ2) is 6.30. The zero-order chi connectivity index (χ0) is 17.4. The third-order valence-electron chi connectivity index (χ3n) is 3.54. The third kappa shape index (κ3) is 3.02. The van der Waals surface area contributed by atoms with Crippen molar-refractivity contribution in [2.45, 2.75) is 20.4 Å². The molecular weight excluding hydrogens is 353 g/mol. The molecule has 0 radical (unpaired) electrons. The first-order chi connectivity index (χ1) is 11.4. The average Bonchev–Trinajstić information content (AvgIpc) is 2.95. The van der Waals surface area contributed by atoms with Crippen LogP contribution in [0.3, 0.4) is 0 Å². The maximum atomic E-state index is 12.0. The number of aromatic nitrogens is 2. The van der Waals surface area contributed by atoms with Crippen molar-refractivity contribution in [2.75, 3.05) is 5.32 Å². The number of rotatable bonds is 4. The van der Waals surface area contributed by atoms with E-state index >= 15 is 0 Å². The highest BCUT2D eigenvalue weighted by atomic mass is 35.5. The van der Waals surface area contributed by atoms with Crippen LogP contribution in [-0.4, -0.2) is 15.8 Å². The molecule has 2 heterocycles. The number of benzene rings is 1. The van der Waals surface area contributed by atoms with Crippen LogP contribution in [0.5, 0.6) is 0 Å². The number of carbonyl (C=O) groups is 1. The highest BCUT2D eigenvalue weighted by Crippen LogP contribution is 2.30. The fourth-order valence-electron chi connectivity index (χ4n) is 2.36. The molecule has 0 aliphatic carbocycles. The Morgan fingerprint density at radius 1 is 1.33 bits per heavy atom. The molecule has 2 N–H and O–H groups in total. The van der Waals surface area contributed by atoms with E-state index in [1.807, 2.05) is 0 Å². The molecule has 24 heavy (non-hydrogen) atoms. The van der Waals surface area contributed by atoms with Gasteiger partial charge in [0.15, 0.2) is 11.4 Å². The lowest BCUT2D eigenvalue weighted by molar-refractivity contribution is 0.101. The van der Waals surface area contributed by atoms with Gasteiger partial charge in [-0.05, 0) is 32.0 Å². The minimum absolute atomic E-state index is 0.132. The number of pyridine rings is 1. The number of hydrogen-bond donors (Lipinski definition) is 2. The van der Waals surface area contributed by atoms with E-state index in [4.69, 9.17) is 27.6 Å². The van der Waals surface area contributed by atoms with Crippen LogP contribution in [0.1, 0.15) is 28.9 Å². The van der Waals surface area contributed by atoms with Crippen molar-refractivity contribution in [1.82, 2.24) is 9.97 Å². The summed E-state index contributed by atoms with van der Waals surface area (Å²) in [5.41, 5.74) is 1.75. The van der Waals surface area contributed by atoms with Gasteiger partial charge in [-0.3, -0.25) is 9.59 Å². The van der Waals surface area contributed by atoms with Crippen molar-refractivity contribution < 1.29 is 9.21 Å². The van der Waals surface area contributed by atoms with E-state index in [1.54, 1.807) is 19.1 Å². The van der Waals surface area contributed by atoms with Gasteiger partial charge in [-0.25, -0.2) is 4.98 Å². The van der Waals surface area contributed by atoms with Crippen LogP contribution in [0.15, 0.2) is 27.4 Å². The standard InChI is InChI=1S/C16H13Cl2N3O3/c1-7-9(8(2)22)5-12(16(23)20-7)19-6-13-21-14-10(17)3-4-11(18)15(14)24-13/h3-5,19H,6H2,1-2H3,(H,20,23). The molecule has 0 fully saturated rings. The first-order valence-corrected chi connectivity index (χ1v) is 7.84. The number of nitrogens with zero attached hydrogens (tertiary/aromatic N) is 1. The summed E-state index contributed by atoms with van der Waals surface area (Å²) in [5, 5.41) is 3.74. The molecule has 0 atom stereocenters. The van der Waals surface area contributed by atoms with E-state index in [-0.39, 0.29) is 23.6 Å². The number of carbonyl (C=O) groups excluding carboxylic acids is 1. The lowest BCUT2D eigenvalue weighted by Gasteiger charge is -2.07. The van der Waals surface area contributed by atoms with Gasteiger partial charge in [0.05, 0.1) is 16.6 Å². The molecule has 3 aromatic rings. The van der Waals surface area contributed by atoms with Crippen molar-refractivity contribution in [3.05, 3.63) is 55.7 Å². The summed E-state index contributed by atoms with van der Waals surface area (Å²) in [6.07, 6.45) is 0. The van der Waals surface area contributed by atoms with Crippen LogP contribution in [0.2, 0.25) is 10.0 Å². The van der Waals surface area contributed by atoms with E-state index in [0.717, 1.165) is 0 Å². The number of anilines is 1. The Hall–Kier alpha value is -2.31. The zero-order valence-corrected chi connectivity index (χ0v) is 14.4. The highest BCUT2D eigenvalue weighted by molar-refractivity contribution is 6.39. The minimum atomic E-state index is -0.329. The molecule has 0 spiro atoms. The van der Waals surface area contributed by atoms with Crippen molar-refractivity contribution in [3.8, 4) is 0 Å². The highest BCUT2D eigenvalue weighted by Gasteiger charge is 2.14. The molecule has 0 aliphatic rings. The molecule has 6 nitrogen and oxygen atoms in total. The number of nitrogens with one attached hydrogen (secondary N) is 2. The second-order valence-corrected chi connectivity index (χ2v) is 6.09. The summed E-state index contributed by atoms with van der Waals surface area (Å²) < 4.78 is 5.57. The van der Waals surface area contributed by atoms with E-state index < -0.39 is 0 Å². The van der Waals surface area contributed by atoms with E-state index in [9.17, 15) is 9.59 Å². The van der Waals surface area contributed by atoms with E-state index in [2.05, 4.69) is 15.3 Å². The summed E-state index contributed by atoms with van der Waals surface area (Å²) >= 11 is 12.1. The van der Waals surface area contributed by atoms with Gasteiger partial charge in [-0.2, -0.15) is 0 Å². The fraction of sp³-hybridized carbons (Fsp3) is 0.188. The SMILES string of the molecule is CC(=O)c1cc(NCc2nc3c(Cl)ccc(Cl)c3o2)c(=O)[nH]c1C.